The second kappa shape index (κ2) is 7.66. The third-order valence-corrected chi connectivity index (χ3v) is 5.13. The number of rotatable bonds is 5. The average Bonchev–Trinajstić information content (AvgIpc) is 2.99. The molecule has 25 heavy (non-hydrogen) atoms. The lowest BCUT2D eigenvalue weighted by molar-refractivity contribution is 0.0998. The van der Waals surface area contributed by atoms with Gasteiger partial charge in [0.2, 0.25) is 0 Å². The third kappa shape index (κ3) is 3.51. The van der Waals surface area contributed by atoms with E-state index in [1.807, 2.05) is 6.92 Å². The van der Waals surface area contributed by atoms with Crippen LogP contribution in [0.5, 0.6) is 5.75 Å². The van der Waals surface area contributed by atoms with E-state index in [1.54, 1.807) is 35.6 Å². The van der Waals surface area contributed by atoms with E-state index in [0.717, 1.165) is 23.5 Å². The van der Waals surface area contributed by atoms with Gasteiger partial charge in [0.15, 0.2) is 4.80 Å². The van der Waals surface area contributed by atoms with Gasteiger partial charge in [-0.15, -0.1) is 0 Å². The SMILES string of the molecule is CCOc1ccc(C(=O)N=c2sc3cccc(CC)c3n2CC)cc1. The van der Waals surface area contributed by atoms with Crippen LogP contribution in [0, 0.1) is 0 Å². The molecule has 0 spiro atoms. The summed E-state index contributed by atoms with van der Waals surface area (Å²) in [5, 5.41) is 0. The molecule has 0 atom stereocenters. The van der Waals surface area contributed by atoms with Gasteiger partial charge in [-0.3, -0.25) is 4.79 Å². The minimum atomic E-state index is -0.227. The van der Waals surface area contributed by atoms with Gasteiger partial charge in [-0.25, -0.2) is 0 Å². The molecule has 1 aromatic heterocycles. The number of benzene rings is 2. The highest BCUT2D eigenvalue weighted by molar-refractivity contribution is 7.16. The highest BCUT2D eigenvalue weighted by atomic mass is 32.1. The molecule has 0 aliphatic rings. The van der Waals surface area contributed by atoms with E-state index in [4.69, 9.17) is 4.74 Å². The first-order valence-corrected chi connectivity index (χ1v) is 9.42. The summed E-state index contributed by atoms with van der Waals surface area (Å²) in [6.45, 7) is 7.55. The maximum atomic E-state index is 12.6. The number of para-hydroxylation sites is 1. The standard InChI is InChI=1S/C20H22N2O2S/c1-4-14-8-7-9-17-18(14)22(5-2)20(25-17)21-19(23)15-10-12-16(13-11-15)24-6-3/h7-13H,4-6H2,1-3H3. The van der Waals surface area contributed by atoms with Crippen LogP contribution in [-0.4, -0.2) is 17.1 Å². The fourth-order valence-electron chi connectivity index (χ4n) is 2.88. The Kier molecular flexibility index (Phi) is 5.34. The molecule has 0 aliphatic heterocycles. The van der Waals surface area contributed by atoms with Crippen LogP contribution < -0.4 is 9.54 Å². The van der Waals surface area contributed by atoms with Crippen LogP contribution in [0.25, 0.3) is 10.2 Å². The zero-order chi connectivity index (χ0) is 17.8. The Morgan fingerprint density at radius 1 is 1.12 bits per heavy atom. The average molecular weight is 354 g/mol. The molecule has 3 aromatic rings. The van der Waals surface area contributed by atoms with Gasteiger partial charge >= 0.3 is 0 Å². The lowest BCUT2D eigenvalue weighted by Gasteiger charge is -2.05. The van der Waals surface area contributed by atoms with Crippen LogP contribution >= 0.6 is 11.3 Å². The Hall–Kier alpha value is -2.40. The van der Waals surface area contributed by atoms with E-state index in [1.165, 1.54) is 15.8 Å². The number of aryl methyl sites for hydroxylation is 2. The van der Waals surface area contributed by atoms with Gasteiger partial charge in [-0.1, -0.05) is 30.4 Å². The summed E-state index contributed by atoms with van der Waals surface area (Å²) in [4.78, 5) is 17.7. The van der Waals surface area contributed by atoms with Crippen LogP contribution in [0.1, 0.15) is 36.7 Å². The summed E-state index contributed by atoms with van der Waals surface area (Å²) in [6, 6.07) is 13.4. The second-order valence-electron chi connectivity index (χ2n) is 5.62. The van der Waals surface area contributed by atoms with Crippen LogP contribution in [0.15, 0.2) is 47.5 Å². The Morgan fingerprint density at radius 2 is 1.88 bits per heavy atom. The summed E-state index contributed by atoms with van der Waals surface area (Å²) in [5.74, 6) is 0.534. The van der Waals surface area contributed by atoms with Crippen molar-refractivity contribution in [2.75, 3.05) is 6.61 Å². The van der Waals surface area contributed by atoms with Crippen molar-refractivity contribution in [3.8, 4) is 5.75 Å². The normalized spacial score (nSPS) is 11.9. The molecule has 1 amide bonds. The highest BCUT2D eigenvalue weighted by Crippen LogP contribution is 2.22. The predicted molar refractivity (Wildman–Crippen MR) is 102 cm³/mol. The maximum Gasteiger partial charge on any atom is 0.279 e. The number of carbonyl (C=O) groups is 1. The van der Waals surface area contributed by atoms with Crippen molar-refractivity contribution >= 4 is 27.5 Å². The number of fused-ring (bicyclic) bond motifs is 1. The zero-order valence-electron chi connectivity index (χ0n) is 14.8. The lowest BCUT2D eigenvalue weighted by atomic mass is 10.1. The molecule has 0 fully saturated rings. The molecule has 1 heterocycles. The van der Waals surface area contributed by atoms with Crippen molar-refractivity contribution in [2.45, 2.75) is 33.7 Å². The van der Waals surface area contributed by atoms with Crippen LogP contribution in [0.3, 0.4) is 0 Å². The Bertz CT molecular complexity index is 952. The van der Waals surface area contributed by atoms with Gasteiger partial charge in [0.25, 0.3) is 5.91 Å². The number of aromatic nitrogens is 1. The van der Waals surface area contributed by atoms with E-state index in [2.05, 4.69) is 41.6 Å². The van der Waals surface area contributed by atoms with Gasteiger partial charge in [0.1, 0.15) is 5.75 Å². The van der Waals surface area contributed by atoms with Crippen LogP contribution in [0.2, 0.25) is 0 Å². The summed E-state index contributed by atoms with van der Waals surface area (Å²) in [5.41, 5.74) is 3.04. The number of thiazole rings is 1. The molecular formula is C20H22N2O2S. The van der Waals surface area contributed by atoms with Gasteiger partial charge in [-0.05, 0) is 56.2 Å². The third-order valence-electron chi connectivity index (χ3n) is 4.09. The first kappa shape index (κ1) is 17.4. The summed E-state index contributed by atoms with van der Waals surface area (Å²) >= 11 is 1.56. The van der Waals surface area contributed by atoms with Gasteiger partial charge in [0.05, 0.1) is 16.8 Å². The summed E-state index contributed by atoms with van der Waals surface area (Å²) < 4.78 is 8.71. The molecule has 0 bridgehead atoms. The van der Waals surface area contributed by atoms with E-state index in [-0.39, 0.29) is 5.91 Å². The molecule has 0 radical (unpaired) electrons. The molecular weight excluding hydrogens is 332 g/mol. The molecule has 0 N–H and O–H groups in total. The molecule has 3 rings (SSSR count). The second-order valence-corrected chi connectivity index (χ2v) is 6.63. The lowest BCUT2D eigenvalue weighted by Crippen LogP contribution is -2.16. The predicted octanol–water partition coefficient (Wildman–Crippen LogP) is 4.42. The smallest absolute Gasteiger partial charge is 0.279 e. The van der Waals surface area contributed by atoms with Crippen molar-refractivity contribution in [1.29, 1.82) is 0 Å². The topological polar surface area (TPSA) is 43.6 Å². The van der Waals surface area contributed by atoms with Crippen molar-refractivity contribution in [1.82, 2.24) is 4.57 Å². The van der Waals surface area contributed by atoms with E-state index >= 15 is 0 Å². The minimum Gasteiger partial charge on any atom is -0.494 e. The molecule has 0 unspecified atom stereocenters. The van der Waals surface area contributed by atoms with Crippen molar-refractivity contribution < 1.29 is 9.53 Å². The fraction of sp³-hybridized carbons (Fsp3) is 0.300. The molecule has 2 aromatic carbocycles. The van der Waals surface area contributed by atoms with E-state index in [9.17, 15) is 4.79 Å². The van der Waals surface area contributed by atoms with E-state index < -0.39 is 0 Å². The summed E-state index contributed by atoms with van der Waals surface area (Å²) in [6.07, 6.45) is 0.959. The molecule has 0 saturated heterocycles. The number of hydrogen-bond acceptors (Lipinski definition) is 3. The van der Waals surface area contributed by atoms with Gasteiger partial charge in [-0.2, -0.15) is 4.99 Å². The van der Waals surface area contributed by atoms with E-state index in [0.29, 0.717) is 12.2 Å². The molecule has 4 nitrogen and oxygen atoms in total. The first-order valence-electron chi connectivity index (χ1n) is 8.61. The maximum absolute atomic E-state index is 12.6. The molecule has 130 valence electrons. The van der Waals surface area contributed by atoms with Crippen molar-refractivity contribution in [3.05, 3.63) is 58.4 Å². The number of ether oxygens (including phenoxy) is 1. The number of amides is 1. The number of hydrogen-bond donors (Lipinski definition) is 0. The number of carbonyl (C=O) groups excluding carboxylic acids is 1. The quantitative estimate of drug-likeness (QED) is 0.680. The monoisotopic (exact) mass is 354 g/mol. The Labute approximate surface area is 151 Å². The summed E-state index contributed by atoms with van der Waals surface area (Å²) in [7, 11) is 0. The van der Waals surface area contributed by atoms with Crippen LogP contribution in [-0.2, 0) is 13.0 Å². The largest absolute Gasteiger partial charge is 0.494 e. The fourth-order valence-corrected chi connectivity index (χ4v) is 4.02. The van der Waals surface area contributed by atoms with Gasteiger partial charge in [0, 0.05) is 12.1 Å². The van der Waals surface area contributed by atoms with Crippen LogP contribution in [0.4, 0.5) is 0 Å². The van der Waals surface area contributed by atoms with Crippen molar-refractivity contribution in [3.63, 3.8) is 0 Å². The minimum absolute atomic E-state index is 0.227. The zero-order valence-corrected chi connectivity index (χ0v) is 15.6. The Morgan fingerprint density at radius 3 is 2.52 bits per heavy atom. The van der Waals surface area contributed by atoms with Gasteiger partial charge < -0.3 is 9.30 Å². The molecule has 0 aliphatic carbocycles. The molecule has 5 heteroatoms. The first-order chi connectivity index (χ1) is 12.2. The Balaban J connectivity index is 2.04. The highest BCUT2D eigenvalue weighted by Gasteiger charge is 2.11. The van der Waals surface area contributed by atoms with Crippen molar-refractivity contribution in [2.24, 2.45) is 4.99 Å². The molecule has 0 saturated carbocycles. The number of nitrogens with zero attached hydrogens (tertiary/aromatic N) is 2.